The Balaban J connectivity index is 1.01. The van der Waals surface area contributed by atoms with Gasteiger partial charge < -0.3 is 4.57 Å². The first kappa shape index (κ1) is 32.3. The lowest BCUT2D eigenvalue weighted by Gasteiger charge is -2.13. The molecule has 0 fully saturated rings. The standard InChI is InChI=1S/C52H32N6/c1-3-14-34(15-4-1)49-54-50(35-16-5-2-6-17-35)56-51(55-49)36-28-26-33(27-29-36)37-18-13-19-38(32-37)57-44-24-11-9-22-42(44)47-46(57)31-30-40-39-20-7-8-21-41(39)52-53-43-23-10-12-25-45(43)58(52)48(40)47/h1-32H. The highest BCUT2D eigenvalue weighted by Crippen LogP contribution is 2.41. The zero-order valence-corrected chi connectivity index (χ0v) is 31.2. The number of hydrogen-bond donors (Lipinski definition) is 0. The van der Waals surface area contributed by atoms with Crippen molar-refractivity contribution in [3.63, 3.8) is 0 Å². The smallest absolute Gasteiger partial charge is 0.164 e. The highest BCUT2D eigenvalue weighted by Gasteiger charge is 2.21. The van der Waals surface area contributed by atoms with Gasteiger partial charge in [0.1, 0.15) is 5.65 Å². The maximum absolute atomic E-state index is 5.20. The summed E-state index contributed by atoms with van der Waals surface area (Å²) in [6, 6.07) is 68.0. The second-order valence-electron chi connectivity index (χ2n) is 14.7. The van der Waals surface area contributed by atoms with Crippen molar-refractivity contribution in [2.24, 2.45) is 0 Å². The number of hydrogen-bond acceptors (Lipinski definition) is 4. The minimum atomic E-state index is 0.637. The fourth-order valence-electron chi connectivity index (χ4n) is 8.69. The summed E-state index contributed by atoms with van der Waals surface area (Å²) in [5, 5.41) is 5.98. The molecule has 0 N–H and O–H groups in total. The van der Waals surface area contributed by atoms with Crippen LogP contribution in [-0.2, 0) is 0 Å². The molecule has 0 aliphatic carbocycles. The zero-order chi connectivity index (χ0) is 38.2. The second-order valence-corrected chi connectivity index (χ2v) is 14.7. The van der Waals surface area contributed by atoms with Crippen LogP contribution < -0.4 is 0 Å². The van der Waals surface area contributed by atoms with Crippen LogP contribution >= 0.6 is 0 Å². The molecule has 0 spiro atoms. The van der Waals surface area contributed by atoms with Crippen molar-refractivity contribution < 1.29 is 0 Å². The van der Waals surface area contributed by atoms with Gasteiger partial charge in [-0.05, 0) is 52.9 Å². The number of fused-ring (bicyclic) bond motifs is 12. The molecule has 0 saturated carbocycles. The van der Waals surface area contributed by atoms with Gasteiger partial charge in [0.25, 0.3) is 0 Å². The van der Waals surface area contributed by atoms with E-state index in [1.54, 1.807) is 0 Å². The number of benzene rings is 8. The average molecular weight is 741 g/mol. The van der Waals surface area contributed by atoms with E-state index < -0.39 is 0 Å². The third-order valence-electron chi connectivity index (χ3n) is 11.3. The first-order chi connectivity index (χ1) is 28.8. The molecule has 0 aliphatic heterocycles. The number of pyridine rings is 1. The van der Waals surface area contributed by atoms with Crippen molar-refractivity contribution in [2.75, 3.05) is 0 Å². The van der Waals surface area contributed by atoms with E-state index in [-0.39, 0.29) is 0 Å². The van der Waals surface area contributed by atoms with Crippen molar-refractivity contribution in [1.29, 1.82) is 0 Å². The molecule has 6 nitrogen and oxygen atoms in total. The van der Waals surface area contributed by atoms with Crippen LogP contribution in [0.3, 0.4) is 0 Å². The maximum atomic E-state index is 5.20. The third kappa shape index (κ3) is 4.98. The molecule has 0 amide bonds. The van der Waals surface area contributed by atoms with E-state index in [0.717, 1.165) is 66.6 Å². The van der Waals surface area contributed by atoms with Gasteiger partial charge in [0.05, 0.1) is 27.6 Å². The van der Waals surface area contributed by atoms with Gasteiger partial charge in [0.2, 0.25) is 0 Å². The SMILES string of the molecule is c1ccc(-c2nc(-c3ccccc3)nc(-c3ccc(-c4cccc(-n5c6ccccc6c6c5ccc5c7ccccc7c7nc8ccccc8n7c56)c4)cc3)n2)cc1. The predicted molar refractivity (Wildman–Crippen MR) is 237 cm³/mol. The Kier molecular flexibility index (Phi) is 7.13. The summed E-state index contributed by atoms with van der Waals surface area (Å²) in [4.78, 5) is 20.0. The van der Waals surface area contributed by atoms with Gasteiger partial charge in [-0.1, -0.05) is 158 Å². The number of rotatable bonds is 5. The molecule has 4 heterocycles. The minimum absolute atomic E-state index is 0.637. The Bertz CT molecular complexity index is 3490. The highest BCUT2D eigenvalue weighted by molar-refractivity contribution is 6.26. The van der Waals surface area contributed by atoms with E-state index in [2.05, 4.69) is 142 Å². The van der Waals surface area contributed by atoms with Crippen LogP contribution in [0.4, 0.5) is 0 Å². The molecule has 0 unspecified atom stereocenters. The fourth-order valence-corrected chi connectivity index (χ4v) is 8.69. The maximum Gasteiger partial charge on any atom is 0.164 e. The van der Waals surface area contributed by atoms with Crippen LogP contribution in [0.5, 0.6) is 0 Å². The Morgan fingerprint density at radius 1 is 0.328 bits per heavy atom. The zero-order valence-electron chi connectivity index (χ0n) is 31.2. The van der Waals surface area contributed by atoms with Gasteiger partial charge in [0.15, 0.2) is 17.5 Å². The lowest BCUT2D eigenvalue weighted by Crippen LogP contribution is -2.00. The quantitative estimate of drug-likeness (QED) is 0.165. The number of aromatic nitrogens is 6. The summed E-state index contributed by atoms with van der Waals surface area (Å²) in [5.41, 5.74) is 12.7. The molecule has 0 atom stereocenters. The van der Waals surface area contributed by atoms with Crippen LogP contribution in [0.1, 0.15) is 0 Å². The van der Waals surface area contributed by atoms with E-state index in [9.17, 15) is 0 Å². The van der Waals surface area contributed by atoms with E-state index in [0.29, 0.717) is 17.5 Å². The molecule has 4 aromatic heterocycles. The van der Waals surface area contributed by atoms with Crippen LogP contribution in [0.2, 0.25) is 0 Å². The summed E-state index contributed by atoms with van der Waals surface area (Å²) in [6.07, 6.45) is 0. The molecule has 0 radical (unpaired) electrons. The van der Waals surface area contributed by atoms with Crippen molar-refractivity contribution >= 4 is 60.2 Å². The van der Waals surface area contributed by atoms with Gasteiger partial charge in [-0.15, -0.1) is 0 Å². The summed E-state index contributed by atoms with van der Waals surface area (Å²) in [6.45, 7) is 0. The Morgan fingerprint density at radius 2 is 0.879 bits per heavy atom. The summed E-state index contributed by atoms with van der Waals surface area (Å²) >= 11 is 0. The van der Waals surface area contributed by atoms with Gasteiger partial charge >= 0.3 is 0 Å². The molecule has 6 heteroatoms. The highest BCUT2D eigenvalue weighted by atomic mass is 15.0. The average Bonchev–Trinajstić information content (AvgIpc) is 3.86. The normalized spacial score (nSPS) is 11.8. The predicted octanol–water partition coefficient (Wildman–Crippen LogP) is 12.7. The molecule has 0 aliphatic rings. The Hall–Kier alpha value is -7.96. The van der Waals surface area contributed by atoms with Crippen LogP contribution in [0, 0.1) is 0 Å². The third-order valence-corrected chi connectivity index (χ3v) is 11.3. The minimum Gasteiger partial charge on any atom is -0.309 e. The van der Waals surface area contributed by atoms with E-state index in [1.165, 1.54) is 27.1 Å². The van der Waals surface area contributed by atoms with Crippen LogP contribution in [0.15, 0.2) is 194 Å². The summed E-state index contributed by atoms with van der Waals surface area (Å²) in [5.74, 6) is 1.93. The molecule has 58 heavy (non-hydrogen) atoms. The van der Waals surface area contributed by atoms with Crippen molar-refractivity contribution in [3.8, 4) is 51.0 Å². The molecule has 8 aromatic carbocycles. The van der Waals surface area contributed by atoms with E-state index in [4.69, 9.17) is 19.9 Å². The Morgan fingerprint density at radius 3 is 1.59 bits per heavy atom. The summed E-state index contributed by atoms with van der Waals surface area (Å²) in [7, 11) is 0. The topological polar surface area (TPSA) is 60.9 Å². The first-order valence-electron chi connectivity index (χ1n) is 19.5. The van der Waals surface area contributed by atoms with Gasteiger partial charge in [-0.25, -0.2) is 19.9 Å². The monoisotopic (exact) mass is 740 g/mol. The largest absolute Gasteiger partial charge is 0.309 e. The van der Waals surface area contributed by atoms with Gasteiger partial charge in [-0.3, -0.25) is 4.40 Å². The number of imidazole rings is 1. The molecule has 12 aromatic rings. The molecule has 0 saturated heterocycles. The van der Waals surface area contributed by atoms with Gasteiger partial charge in [0, 0.05) is 43.9 Å². The summed E-state index contributed by atoms with van der Waals surface area (Å²) < 4.78 is 4.78. The van der Waals surface area contributed by atoms with Crippen LogP contribution in [-0.4, -0.2) is 28.9 Å². The number of nitrogens with zero attached hydrogens (tertiary/aromatic N) is 6. The molecular weight excluding hydrogens is 709 g/mol. The lowest BCUT2D eigenvalue weighted by molar-refractivity contribution is 1.07. The van der Waals surface area contributed by atoms with Crippen molar-refractivity contribution in [1.82, 2.24) is 28.9 Å². The molecular formula is C52H32N6. The van der Waals surface area contributed by atoms with Gasteiger partial charge in [-0.2, -0.15) is 0 Å². The fraction of sp³-hybridized carbons (Fsp3) is 0. The van der Waals surface area contributed by atoms with Crippen molar-refractivity contribution in [2.45, 2.75) is 0 Å². The lowest BCUT2D eigenvalue weighted by atomic mass is 10.0. The Labute approximate surface area is 333 Å². The van der Waals surface area contributed by atoms with Crippen LogP contribution in [0.25, 0.3) is 111 Å². The van der Waals surface area contributed by atoms with Crippen molar-refractivity contribution in [3.05, 3.63) is 194 Å². The van der Waals surface area contributed by atoms with E-state index in [1.807, 2.05) is 60.7 Å². The first-order valence-corrected chi connectivity index (χ1v) is 19.5. The second kappa shape index (κ2) is 12.8. The number of para-hydroxylation sites is 3. The van der Waals surface area contributed by atoms with E-state index >= 15 is 0 Å². The molecule has 0 bridgehead atoms. The molecule has 12 rings (SSSR count). The molecule has 270 valence electrons.